The smallest absolute Gasteiger partial charge is 0.243 e. The summed E-state index contributed by atoms with van der Waals surface area (Å²) in [6, 6.07) is 6.47. The number of nitrogen functional groups attached to an aromatic ring is 1. The van der Waals surface area contributed by atoms with Crippen LogP contribution in [-0.4, -0.2) is 13.6 Å². The number of hydrogen-bond donors (Lipinski definition) is 2. The van der Waals surface area contributed by atoms with Crippen molar-refractivity contribution in [2.75, 3.05) is 5.73 Å². The highest BCUT2D eigenvalue weighted by Gasteiger charge is 2.17. The molecule has 0 bridgehead atoms. The van der Waals surface area contributed by atoms with Crippen molar-refractivity contribution in [2.45, 2.75) is 25.3 Å². The Kier molecular flexibility index (Phi) is 3.59. The Bertz CT molecular complexity index is 692. The van der Waals surface area contributed by atoms with Gasteiger partial charge in [-0.2, -0.15) is 0 Å². The fraction of sp³-hybridized carbons (Fsp3) is 0.250. The van der Waals surface area contributed by atoms with Crippen molar-refractivity contribution in [1.82, 2.24) is 9.88 Å². The lowest BCUT2D eigenvalue weighted by Crippen LogP contribution is -2.24. The summed E-state index contributed by atoms with van der Waals surface area (Å²) in [5, 5.41) is 3.68. The number of nitrogens with one attached hydrogen (secondary N) is 1. The summed E-state index contributed by atoms with van der Waals surface area (Å²) in [5.41, 5.74) is 7.55. The molecule has 19 heavy (non-hydrogen) atoms. The van der Waals surface area contributed by atoms with Crippen LogP contribution in [0.5, 0.6) is 0 Å². The number of hydrogen-bond acceptors (Lipinski definition) is 5. The van der Waals surface area contributed by atoms with Gasteiger partial charge in [0.25, 0.3) is 0 Å². The quantitative estimate of drug-likeness (QED) is 0.824. The fourth-order valence-corrected chi connectivity index (χ4v) is 2.76. The largest absolute Gasteiger partial charge is 0.398 e. The molecular weight excluding hydrogens is 266 g/mol. The number of sulfonamides is 1. The van der Waals surface area contributed by atoms with Crippen LogP contribution in [-0.2, 0) is 16.6 Å². The average molecular weight is 281 g/mol. The predicted octanol–water partition coefficient (Wildman–Crippen LogP) is 1.35. The van der Waals surface area contributed by atoms with Crippen LogP contribution in [0.2, 0.25) is 0 Å². The topological polar surface area (TPSA) is 98.2 Å². The summed E-state index contributed by atoms with van der Waals surface area (Å²) < 4.78 is 31.5. The maximum atomic E-state index is 12.1. The standard InChI is InChI=1S/C12H15N3O3S/c1-8-3-4-12(11(13)5-8)19(16,17)14-7-10-6-9(2)15-18-10/h3-6,14H,7,13H2,1-2H3. The Labute approximate surface area is 111 Å². The number of anilines is 1. The lowest BCUT2D eigenvalue weighted by molar-refractivity contribution is 0.377. The molecule has 1 aromatic carbocycles. The third-order valence-electron chi connectivity index (χ3n) is 2.57. The summed E-state index contributed by atoms with van der Waals surface area (Å²) >= 11 is 0. The zero-order valence-electron chi connectivity index (χ0n) is 10.7. The van der Waals surface area contributed by atoms with E-state index >= 15 is 0 Å². The summed E-state index contributed by atoms with van der Waals surface area (Å²) in [7, 11) is -3.66. The normalized spacial score (nSPS) is 11.7. The Morgan fingerprint density at radius 2 is 2.05 bits per heavy atom. The first-order chi connectivity index (χ1) is 8.88. The van der Waals surface area contributed by atoms with Crippen LogP contribution in [0.3, 0.4) is 0 Å². The van der Waals surface area contributed by atoms with Gasteiger partial charge in [-0.1, -0.05) is 11.2 Å². The van der Waals surface area contributed by atoms with E-state index in [9.17, 15) is 8.42 Å². The molecule has 1 heterocycles. The molecule has 102 valence electrons. The minimum atomic E-state index is -3.66. The lowest BCUT2D eigenvalue weighted by Gasteiger charge is -2.08. The zero-order chi connectivity index (χ0) is 14.0. The van der Waals surface area contributed by atoms with Crippen LogP contribution < -0.4 is 10.5 Å². The molecule has 2 aromatic rings. The van der Waals surface area contributed by atoms with Crippen LogP contribution in [0.4, 0.5) is 5.69 Å². The maximum Gasteiger partial charge on any atom is 0.243 e. The van der Waals surface area contributed by atoms with E-state index in [-0.39, 0.29) is 17.1 Å². The number of rotatable bonds is 4. The van der Waals surface area contributed by atoms with E-state index in [0.29, 0.717) is 11.5 Å². The van der Waals surface area contributed by atoms with E-state index in [4.69, 9.17) is 10.3 Å². The van der Waals surface area contributed by atoms with Gasteiger partial charge in [-0.3, -0.25) is 0 Å². The highest BCUT2D eigenvalue weighted by atomic mass is 32.2. The van der Waals surface area contributed by atoms with Gasteiger partial charge in [0.15, 0.2) is 5.76 Å². The molecule has 1 aromatic heterocycles. The van der Waals surface area contributed by atoms with Crippen molar-refractivity contribution >= 4 is 15.7 Å². The zero-order valence-corrected chi connectivity index (χ0v) is 11.5. The minimum Gasteiger partial charge on any atom is -0.398 e. The highest BCUT2D eigenvalue weighted by molar-refractivity contribution is 7.89. The SMILES string of the molecule is Cc1ccc(S(=O)(=O)NCc2cc(C)no2)c(N)c1. The van der Waals surface area contributed by atoms with Crippen molar-refractivity contribution < 1.29 is 12.9 Å². The summed E-state index contributed by atoms with van der Waals surface area (Å²) in [5.74, 6) is 0.451. The third-order valence-corrected chi connectivity index (χ3v) is 4.04. The molecule has 3 N–H and O–H groups in total. The number of aromatic nitrogens is 1. The van der Waals surface area contributed by atoms with Gasteiger partial charge in [-0.05, 0) is 31.5 Å². The van der Waals surface area contributed by atoms with Crippen LogP contribution in [0.25, 0.3) is 0 Å². The second kappa shape index (κ2) is 5.02. The van der Waals surface area contributed by atoms with Crippen LogP contribution in [0.1, 0.15) is 17.0 Å². The minimum absolute atomic E-state index is 0.0382. The average Bonchev–Trinajstić information content (AvgIpc) is 2.72. The molecule has 0 aliphatic rings. The van der Waals surface area contributed by atoms with Gasteiger partial charge in [0.05, 0.1) is 17.9 Å². The number of nitrogens with zero attached hydrogens (tertiary/aromatic N) is 1. The first-order valence-corrected chi connectivity index (χ1v) is 7.15. The van der Waals surface area contributed by atoms with Crippen LogP contribution in [0.15, 0.2) is 33.7 Å². The molecule has 7 heteroatoms. The molecule has 0 saturated heterocycles. The molecule has 0 amide bonds. The van der Waals surface area contributed by atoms with E-state index < -0.39 is 10.0 Å². The third kappa shape index (κ3) is 3.12. The molecule has 6 nitrogen and oxygen atoms in total. The van der Waals surface area contributed by atoms with E-state index in [1.54, 1.807) is 25.1 Å². The number of benzene rings is 1. The second-order valence-electron chi connectivity index (χ2n) is 4.30. The van der Waals surface area contributed by atoms with E-state index in [0.717, 1.165) is 5.56 Å². The molecular formula is C12H15N3O3S. The molecule has 2 rings (SSSR count). The maximum absolute atomic E-state index is 12.1. The Morgan fingerprint density at radius 1 is 1.32 bits per heavy atom. The highest BCUT2D eigenvalue weighted by Crippen LogP contribution is 2.19. The molecule has 0 aliphatic carbocycles. The summed E-state index contributed by atoms with van der Waals surface area (Å²) in [6.45, 7) is 3.65. The van der Waals surface area contributed by atoms with Gasteiger partial charge in [-0.25, -0.2) is 13.1 Å². The van der Waals surface area contributed by atoms with E-state index in [1.165, 1.54) is 6.07 Å². The van der Waals surface area contributed by atoms with E-state index in [2.05, 4.69) is 9.88 Å². The Balaban J connectivity index is 2.18. The molecule has 0 atom stereocenters. The lowest BCUT2D eigenvalue weighted by atomic mass is 10.2. The van der Waals surface area contributed by atoms with Crippen molar-refractivity contribution in [3.8, 4) is 0 Å². The monoisotopic (exact) mass is 281 g/mol. The molecule has 0 radical (unpaired) electrons. The summed E-state index contributed by atoms with van der Waals surface area (Å²) in [4.78, 5) is 0.0642. The predicted molar refractivity (Wildman–Crippen MR) is 70.9 cm³/mol. The van der Waals surface area contributed by atoms with Gasteiger partial charge < -0.3 is 10.3 Å². The van der Waals surface area contributed by atoms with Gasteiger partial charge >= 0.3 is 0 Å². The van der Waals surface area contributed by atoms with Crippen molar-refractivity contribution in [2.24, 2.45) is 0 Å². The molecule has 0 spiro atoms. The first kappa shape index (κ1) is 13.6. The molecule has 0 fully saturated rings. The van der Waals surface area contributed by atoms with Crippen molar-refractivity contribution in [3.05, 3.63) is 41.3 Å². The molecule has 0 saturated carbocycles. The number of aryl methyl sites for hydroxylation is 2. The van der Waals surface area contributed by atoms with Crippen LogP contribution in [0, 0.1) is 13.8 Å². The van der Waals surface area contributed by atoms with E-state index in [1.807, 2.05) is 6.92 Å². The first-order valence-electron chi connectivity index (χ1n) is 5.66. The van der Waals surface area contributed by atoms with Gasteiger partial charge in [0, 0.05) is 6.07 Å². The molecule has 0 aliphatic heterocycles. The summed E-state index contributed by atoms with van der Waals surface area (Å²) in [6.07, 6.45) is 0. The van der Waals surface area contributed by atoms with Crippen LogP contribution >= 0.6 is 0 Å². The molecule has 0 unspecified atom stereocenters. The Morgan fingerprint density at radius 3 is 2.63 bits per heavy atom. The second-order valence-corrected chi connectivity index (χ2v) is 6.04. The fourth-order valence-electron chi connectivity index (χ4n) is 1.66. The Hall–Kier alpha value is -1.86. The van der Waals surface area contributed by atoms with Gasteiger partial charge in [0.2, 0.25) is 10.0 Å². The van der Waals surface area contributed by atoms with Gasteiger partial charge in [-0.15, -0.1) is 0 Å². The van der Waals surface area contributed by atoms with Gasteiger partial charge in [0.1, 0.15) is 4.90 Å². The van der Waals surface area contributed by atoms with Crippen molar-refractivity contribution in [1.29, 1.82) is 0 Å². The van der Waals surface area contributed by atoms with Crippen molar-refractivity contribution in [3.63, 3.8) is 0 Å². The number of nitrogens with two attached hydrogens (primary N) is 1.